The number of unbranched alkanes of at least 4 members (excludes halogenated alkanes) is 2. The van der Waals surface area contributed by atoms with E-state index in [-0.39, 0.29) is 0 Å². The monoisotopic (exact) mass is 231 g/mol. The molecule has 1 aliphatic heterocycles. The van der Waals surface area contributed by atoms with Crippen LogP contribution in [0.15, 0.2) is 0 Å². The van der Waals surface area contributed by atoms with Gasteiger partial charge in [0.2, 0.25) is 0 Å². The first-order chi connectivity index (χ1) is 7.38. The van der Waals surface area contributed by atoms with Gasteiger partial charge in [0.15, 0.2) is 0 Å². The van der Waals surface area contributed by atoms with E-state index in [0.29, 0.717) is 12.1 Å². The molecule has 0 aromatic heterocycles. The van der Waals surface area contributed by atoms with E-state index in [1.807, 2.05) is 11.8 Å². The van der Waals surface area contributed by atoms with Crippen molar-refractivity contribution < 1.29 is 4.74 Å². The smallest absolute Gasteiger partial charge is 0.0818 e. The van der Waals surface area contributed by atoms with Crippen molar-refractivity contribution in [3.8, 4) is 0 Å². The van der Waals surface area contributed by atoms with Crippen LogP contribution in [0, 0.1) is 0 Å². The number of rotatable bonds is 7. The highest BCUT2D eigenvalue weighted by atomic mass is 32.2. The molecule has 0 amide bonds. The molecule has 0 aromatic carbocycles. The summed E-state index contributed by atoms with van der Waals surface area (Å²) < 4.78 is 5.84. The van der Waals surface area contributed by atoms with E-state index >= 15 is 0 Å². The second-order valence-corrected chi connectivity index (χ2v) is 5.29. The third kappa shape index (κ3) is 5.23. The lowest BCUT2D eigenvalue weighted by molar-refractivity contribution is 0.0445. The van der Waals surface area contributed by atoms with Gasteiger partial charge < -0.3 is 10.1 Å². The van der Waals surface area contributed by atoms with Gasteiger partial charge in [-0.15, -0.1) is 0 Å². The van der Waals surface area contributed by atoms with Gasteiger partial charge in [-0.2, -0.15) is 11.8 Å². The zero-order chi connectivity index (χ0) is 10.9. The molecule has 1 N–H and O–H groups in total. The van der Waals surface area contributed by atoms with Crippen LogP contribution in [0.25, 0.3) is 0 Å². The van der Waals surface area contributed by atoms with Crippen molar-refractivity contribution in [1.82, 2.24) is 5.32 Å². The molecule has 0 aromatic rings. The van der Waals surface area contributed by atoms with E-state index < -0.39 is 0 Å². The lowest BCUT2D eigenvalue weighted by Crippen LogP contribution is -2.44. The Labute approximate surface area is 98.5 Å². The normalized spacial score (nSPS) is 24.0. The Hall–Kier alpha value is 0.270. The maximum atomic E-state index is 5.84. The number of thioether (sulfide) groups is 1. The maximum Gasteiger partial charge on any atom is 0.0818 e. The van der Waals surface area contributed by atoms with Gasteiger partial charge in [-0.1, -0.05) is 33.1 Å². The second-order valence-electron chi connectivity index (χ2n) is 4.14. The molecular weight excluding hydrogens is 206 g/mol. The molecule has 90 valence electrons. The van der Waals surface area contributed by atoms with Crippen LogP contribution in [0.1, 0.15) is 39.5 Å². The predicted molar refractivity (Wildman–Crippen MR) is 68.7 cm³/mol. The zero-order valence-corrected chi connectivity index (χ0v) is 10.9. The fourth-order valence-electron chi connectivity index (χ4n) is 2.03. The second kappa shape index (κ2) is 8.43. The molecule has 1 saturated heterocycles. The van der Waals surface area contributed by atoms with Gasteiger partial charge in [0.05, 0.1) is 12.7 Å². The van der Waals surface area contributed by atoms with Crippen LogP contribution in [0.4, 0.5) is 0 Å². The predicted octanol–water partition coefficient (Wildman–Crippen LogP) is 2.68. The van der Waals surface area contributed by atoms with Crippen LogP contribution in [-0.4, -0.2) is 36.8 Å². The highest BCUT2D eigenvalue weighted by Gasteiger charge is 2.23. The van der Waals surface area contributed by atoms with Gasteiger partial charge in [-0.25, -0.2) is 0 Å². The highest BCUT2D eigenvalue weighted by Crippen LogP contribution is 2.18. The first-order valence-corrected chi connectivity index (χ1v) is 7.46. The molecule has 0 bridgehead atoms. The van der Waals surface area contributed by atoms with Crippen molar-refractivity contribution in [2.45, 2.75) is 51.7 Å². The van der Waals surface area contributed by atoms with Crippen molar-refractivity contribution in [1.29, 1.82) is 0 Å². The van der Waals surface area contributed by atoms with Gasteiger partial charge in [0.25, 0.3) is 0 Å². The Balaban J connectivity index is 2.26. The largest absolute Gasteiger partial charge is 0.375 e. The van der Waals surface area contributed by atoms with E-state index in [1.165, 1.54) is 37.2 Å². The number of likely N-dealkylation sites (N-methyl/N-ethyl adjacent to an activating group) is 1. The zero-order valence-electron chi connectivity index (χ0n) is 10.1. The van der Waals surface area contributed by atoms with Gasteiger partial charge in [0.1, 0.15) is 0 Å². The summed E-state index contributed by atoms with van der Waals surface area (Å²) in [6, 6.07) is 0.578. The molecule has 1 aliphatic rings. The van der Waals surface area contributed by atoms with Crippen molar-refractivity contribution in [3.63, 3.8) is 0 Å². The van der Waals surface area contributed by atoms with Gasteiger partial charge in [-0.05, 0) is 13.0 Å². The molecule has 2 unspecified atom stereocenters. The van der Waals surface area contributed by atoms with Crippen molar-refractivity contribution in [3.05, 3.63) is 0 Å². The summed E-state index contributed by atoms with van der Waals surface area (Å²) in [5.41, 5.74) is 0. The average Bonchev–Trinajstić information content (AvgIpc) is 2.29. The third-order valence-electron chi connectivity index (χ3n) is 2.88. The Morgan fingerprint density at radius 3 is 2.87 bits per heavy atom. The number of ether oxygens (including phenoxy) is 1. The van der Waals surface area contributed by atoms with E-state index in [1.54, 1.807) is 0 Å². The minimum absolute atomic E-state index is 0.445. The molecule has 0 saturated carbocycles. The number of hydrogen-bond donors (Lipinski definition) is 1. The average molecular weight is 231 g/mol. The van der Waals surface area contributed by atoms with Gasteiger partial charge in [0, 0.05) is 17.5 Å². The van der Waals surface area contributed by atoms with Crippen molar-refractivity contribution >= 4 is 11.8 Å². The first-order valence-electron chi connectivity index (χ1n) is 6.31. The van der Waals surface area contributed by atoms with Crippen LogP contribution in [0.5, 0.6) is 0 Å². The molecule has 15 heavy (non-hydrogen) atoms. The molecule has 0 aliphatic carbocycles. The summed E-state index contributed by atoms with van der Waals surface area (Å²) in [4.78, 5) is 0. The first kappa shape index (κ1) is 13.3. The summed E-state index contributed by atoms with van der Waals surface area (Å²) in [5, 5.41) is 3.57. The maximum absolute atomic E-state index is 5.84. The summed E-state index contributed by atoms with van der Waals surface area (Å²) in [5.74, 6) is 2.34. The van der Waals surface area contributed by atoms with E-state index in [2.05, 4.69) is 19.2 Å². The van der Waals surface area contributed by atoms with Crippen LogP contribution in [-0.2, 0) is 4.74 Å². The summed E-state index contributed by atoms with van der Waals surface area (Å²) >= 11 is 2.03. The minimum Gasteiger partial charge on any atom is -0.375 e. The lowest BCUT2D eigenvalue weighted by atomic mass is 10.0. The molecule has 1 rings (SSSR count). The minimum atomic E-state index is 0.445. The van der Waals surface area contributed by atoms with Crippen molar-refractivity contribution in [2.75, 3.05) is 24.7 Å². The molecule has 1 heterocycles. The molecule has 0 radical (unpaired) electrons. The Morgan fingerprint density at radius 1 is 1.40 bits per heavy atom. The van der Waals surface area contributed by atoms with Gasteiger partial charge >= 0.3 is 0 Å². The Morgan fingerprint density at radius 2 is 2.27 bits per heavy atom. The van der Waals surface area contributed by atoms with Gasteiger partial charge in [-0.3, -0.25) is 0 Å². The fraction of sp³-hybridized carbons (Fsp3) is 1.00. The van der Waals surface area contributed by atoms with E-state index in [0.717, 1.165) is 13.2 Å². The molecular formula is C12H25NOS. The molecule has 2 atom stereocenters. The summed E-state index contributed by atoms with van der Waals surface area (Å²) in [7, 11) is 0. The Kier molecular flexibility index (Phi) is 7.49. The van der Waals surface area contributed by atoms with Crippen LogP contribution < -0.4 is 5.32 Å². The van der Waals surface area contributed by atoms with Crippen molar-refractivity contribution in [2.24, 2.45) is 0 Å². The molecule has 0 spiro atoms. The highest BCUT2D eigenvalue weighted by molar-refractivity contribution is 7.99. The van der Waals surface area contributed by atoms with E-state index in [4.69, 9.17) is 4.74 Å². The topological polar surface area (TPSA) is 21.3 Å². The fourth-order valence-corrected chi connectivity index (χ4v) is 2.98. The SMILES string of the molecule is CCCCCC(NCC)C1CSCCO1. The molecule has 2 nitrogen and oxygen atoms in total. The van der Waals surface area contributed by atoms with E-state index in [9.17, 15) is 0 Å². The lowest BCUT2D eigenvalue weighted by Gasteiger charge is -2.30. The van der Waals surface area contributed by atoms with Crippen LogP contribution >= 0.6 is 11.8 Å². The summed E-state index contributed by atoms with van der Waals surface area (Å²) in [6.45, 7) is 6.43. The molecule has 1 fully saturated rings. The van der Waals surface area contributed by atoms with Crippen LogP contribution in [0.3, 0.4) is 0 Å². The third-order valence-corrected chi connectivity index (χ3v) is 3.90. The van der Waals surface area contributed by atoms with Crippen LogP contribution in [0.2, 0.25) is 0 Å². The Bertz CT molecular complexity index is 149. The molecule has 3 heteroatoms. The number of nitrogens with one attached hydrogen (secondary N) is 1. The standard InChI is InChI=1S/C12H25NOS/c1-3-5-6-7-11(13-4-2)12-10-15-9-8-14-12/h11-13H,3-10H2,1-2H3. The number of hydrogen-bond acceptors (Lipinski definition) is 3. The summed E-state index contributed by atoms with van der Waals surface area (Å²) in [6.07, 6.45) is 5.70. The quantitative estimate of drug-likeness (QED) is 0.681.